The maximum Gasteiger partial charge on any atom is 0.268 e. The third-order valence-corrected chi connectivity index (χ3v) is 7.46. The molecule has 3 N–H and O–H groups in total. The van der Waals surface area contributed by atoms with Gasteiger partial charge in [0.2, 0.25) is 5.91 Å². The molecule has 2 heterocycles. The van der Waals surface area contributed by atoms with E-state index in [1.54, 1.807) is 0 Å². The van der Waals surface area contributed by atoms with Gasteiger partial charge in [-0.2, -0.15) is 5.26 Å². The molecule has 11 heteroatoms. The van der Waals surface area contributed by atoms with Crippen molar-refractivity contribution < 1.29 is 27.2 Å². The fourth-order valence-corrected chi connectivity index (χ4v) is 5.22. The fourth-order valence-electron chi connectivity index (χ4n) is 5.22. The highest BCUT2D eigenvalue weighted by Crippen LogP contribution is 2.57. The molecule has 2 aromatic heterocycles. The number of fused-ring (bicyclic) bond motifs is 2. The van der Waals surface area contributed by atoms with E-state index in [4.69, 9.17) is 0 Å². The van der Waals surface area contributed by atoms with Crippen LogP contribution in [0.1, 0.15) is 41.4 Å². The number of hydrogen-bond acceptors (Lipinski definition) is 4. The minimum Gasteiger partial charge on any atom is -0.348 e. The number of amides is 2. The number of hydrogen-bond donors (Lipinski definition) is 3. The number of pyridine rings is 1. The topological polar surface area (TPSA) is 111 Å². The van der Waals surface area contributed by atoms with Gasteiger partial charge in [-0.3, -0.25) is 14.6 Å². The lowest BCUT2D eigenvalue weighted by atomic mass is 10.0. The van der Waals surface area contributed by atoms with E-state index in [2.05, 4.69) is 20.6 Å². The van der Waals surface area contributed by atoms with Crippen LogP contribution < -0.4 is 10.6 Å². The van der Waals surface area contributed by atoms with Crippen LogP contribution in [-0.2, 0) is 4.79 Å². The molecule has 6 rings (SSSR count). The van der Waals surface area contributed by atoms with Crippen LogP contribution in [0.25, 0.3) is 21.7 Å². The molecule has 0 saturated heterocycles. The van der Waals surface area contributed by atoms with Crippen LogP contribution in [0.5, 0.6) is 0 Å². The summed E-state index contributed by atoms with van der Waals surface area (Å²) in [5.74, 6) is -5.60. The zero-order valence-electron chi connectivity index (χ0n) is 19.6. The Labute approximate surface area is 212 Å². The van der Waals surface area contributed by atoms with E-state index in [0.717, 1.165) is 31.2 Å². The van der Waals surface area contributed by atoms with Crippen molar-refractivity contribution in [3.63, 3.8) is 0 Å². The largest absolute Gasteiger partial charge is 0.348 e. The number of H-pyrrole nitrogens is 1. The summed E-state index contributed by atoms with van der Waals surface area (Å²) >= 11 is 0. The molecule has 2 aliphatic carbocycles. The van der Waals surface area contributed by atoms with Crippen molar-refractivity contribution in [2.24, 2.45) is 11.8 Å². The molecular weight excluding hydrogens is 502 g/mol. The molecule has 0 bridgehead atoms. The number of aromatic amines is 1. The van der Waals surface area contributed by atoms with Gasteiger partial charge in [-0.05, 0) is 60.7 Å². The van der Waals surface area contributed by atoms with E-state index < -0.39 is 46.7 Å². The summed E-state index contributed by atoms with van der Waals surface area (Å²) in [7, 11) is 0. The molecule has 2 aliphatic rings. The van der Waals surface area contributed by atoms with Crippen molar-refractivity contribution in [2.45, 2.75) is 30.8 Å². The minimum atomic E-state index is -1.32. The number of nitrogens with one attached hydrogen (secondary N) is 3. The van der Waals surface area contributed by atoms with Crippen LogP contribution in [0.15, 0.2) is 42.7 Å². The zero-order chi connectivity index (χ0) is 26.8. The smallest absolute Gasteiger partial charge is 0.268 e. The summed E-state index contributed by atoms with van der Waals surface area (Å²) in [6.45, 7) is 0. The van der Waals surface area contributed by atoms with Crippen molar-refractivity contribution in [1.82, 2.24) is 20.6 Å². The first-order valence-corrected chi connectivity index (χ1v) is 11.9. The van der Waals surface area contributed by atoms with Gasteiger partial charge in [0.05, 0.1) is 11.6 Å². The normalized spacial score (nSPS) is 21.2. The maximum atomic E-state index is 14.3. The quantitative estimate of drug-likeness (QED) is 0.323. The van der Waals surface area contributed by atoms with Gasteiger partial charge >= 0.3 is 0 Å². The van der Waals surface area contributed by atoms with Gasteiger partial charge in [-0.25, -0.2) is 17.6 Å². The van der Waals surface area contributed by atoms with E-state index in [-0.39, 0.29) is 39.4 Å². The first kappa shape index (κ1) is 23.9. The van der Waals surface area contributed by atoms with Crippen LogP contribution in [0, 0.1) is 46.4 Å². The summed E-state index contributed by atoms with van der Waals surface area (Å²) in [6.07, 6.45) is 4.56. The Kier molecular flexibility index (Phi) is 5.38. The molecule has 4 aromatic rings. The molecule has 2 saturated carbocycles. The average molecular weight is 521 g/mol. The predicted octanol–water partition coefficient (Wildman–Crippen LogP) is 4.55. The number of rotatable bonds is 6. The summed E-state index contributed by atoms with van der Waals surface area (Å²) in [5.41, 5.74) is -1.36. The Morgan fingerprint density at radius 3 is 2.53 bits per heavy atom. The van der Waals surface area contributed by atoms with Crippen molar-refractivity contribution >= 4 is 33.5 Å². The van der Waals surface area contributed by atoms with Crippen LogP contribution in [0.2, 0.25) is 0 Å². The Balaban J connectivity index is 1.29. The number of carbonyl (C=O) groups is 2. The molecule has 0 spiro atoms. The Morgan fingerprint density at radius 2 is 1.79 bits per heavy atom. The zero-order valence-corrected chi connectivity index (χ0v) is 19.6. The Bertz CT molecular complexity index is 1690. The van der Waals surface area contributed by atoms with Crippen molar-refractivity contribution in [2.75, 3.05) is 0 Å². The number of aromatic nitrogens is 2. The molecule has 2 aromatic carbocycles. The van der Waals surface area contributed by atoms with E-state index in [1.807, 2.05) is 6.07 Å². The first-order valence-electron chi connectivity index (χ1n) is 11.9. The molecule has 0 radical (unpaired) electrons. The second kappa shape index (κ2) is 8.55. The summed E-state index contributed by atoms with van der Waals surface area (Å²) < 4.78 is 55.8. The van der Waals surface area contributed by atoms with Gasteiger partial charge < -0.3 is 15.6 Å². The predicted molar refractivity (Wildman–Crippen MR) is 127 cm³/mol. The van der Waals surface area contributed by atoms with Crippen LogP contribution in [-0.4, -0.2) is 27.3 Å². The fraction of sp³-hybridized carbons (Fsp3) is 0.259. The number of carbonyl (C=O) groups excluding carboxylic acids is 2. The SMILES string of the molecule is N#CC(NC(=O)C1(NC(=O)c2cc3ccc(F)c(F)c3[nH]2)CC1C1CC1)c1cncc2c(F)c(F)ccc12. The van der Waals surface area contributed by atoms with Gasteiger partial charge in [-0.1, -0.05) is 6.07 Å². The minimum absolute atomic E-state index is 0.0503. The number of nitriles is 1. The Morgan fingerprint density at radius 1 is 1.05 bits per heavy atom. The van der Waals surface area contributed by atoms with Crippen LogP contribution in [0.4, 0.5) is 17.6 Å². The Hall–Kier alpha value is -4.46. The van der Waals surface area contributed by atoms with Crippen molar-refractivity contribution in [3.8, 4) is 6.07 Å². The highest BCUT2D eigenvalue weighted by Gasteiger charge is 2.65. The van der Waals surface area contributed by atoms with E-state index in [0.29, 0.717) is 11.8 Å². The number of halogens is 4. The molecule has 3 unspecified atom stereocenters. The summed E-state index contributed by atoms with van der Waals surface area (Å²) in [4.78, 5) is 33.2. The molecule has 2 fully saturated rings. The molecule has 192 valence electrons. The number of benzene rings is 2. The lowest BCUT2D eigenvalue weighted by Gasteiger charge is -2.22. The molecule has 38 heavy (non-hydrogen) atoms. The van der Waals surface area contributed by atoms with Crippen molar-refractivity contribution in [3.05, 3.63) is 77.3 Å². The second-order valence-electron chi connectivity index (χ2n) is 9.80. The van der Waals surface area contributed by atoms with Gasteiger partial charge in [0.1, 0.15) is 17.3 Å². The van der Waals surface area contributed by atoms with Crippen LogP contribution >= 0.6 is 0 Å². The third-order valence-electron chi connectivity index (χ3n) is 7.46. The second-order valence-corrected chi connectivity index (χ2v) is 9.80. The highest BCUT2D eigenvalue weighted by atomic mass is 19.2. The maximum absolute atomic E-state index is 14.3. The molecule has 2 amide bonds. The van der Waals surface area contributed by atoms with E-state index in [1.165, 1.54) is 24.4 Å². The van der Waals surface area contributed by atoms with Crippen molar-refractivity contribution in [1.29, 1.82) is 5.26 Å². The molecule has 7 nitrogen and oxygen atoms in total. The lowest BCUT2D eigenvalue weighted by Crippen LogP contribution is -2.51. The monoisotopic (exact) mass is 521 g/mol. The highest BCUT2D eigenvalue weighted by molar-refractivity contribution is 6.03. The summed E-state index contributed by atoms with van der Waals surface area (Å²) in [5, 5.41) is 15.6. The average Bonchev–Trinajstić information content (AvgIpc) is 3.83. The van der Waals surface area contributed by atoms with Gasteiger partial charge in [0, 0.05) is 28.7 Å². The van der Waals surface area contributed by atoms with Crippen LogP contribution in [0.3, 0.4) is 0 Å². The molecule has 0 aliphatic heterocycles. The summed E-state index contributed by atoms with van der Waals surface area (Å²) in [6, 6.07) is 6.59. The molecule has 3 atom stereocenters. The first-order chi connectivity index (χ1) is 18.2. The van der Waals surface area contributed by atoms with Gasteiger partial charge in [-0.15, -0.1) is 0 Å². The standard InChI is InChI=1S/C27H19F4N5O2/c28-18-6-4-14-15(10-33-11-16(14)22(18)30)21(9-32)35-26(38)27(8-17(27)12-1-2-12)36-25(37)20-7-13-3-5-19(29)23(31)24(13)34-20/h3-7,10-12,17,21,34H,1-2,8H2,(H,35,38)(H,36,37). The number of nitrogens with zero attached hydrogens (tertiary/aromatic N) is 2. The lowest BCUT2D eigenvalue weighted by molar-refractivity contribution is -0.124. The third kappa shape index (κ3) is 3.75. The van der Waals surface area contributed by atoms with Gasteiger partial charge in [0.15, 0.2) is 23.3 Å². The van der Waals surface area contributed by atoms with E-state index in [9.17, 15) is 32.4 Å². The van der Waals surface area contributed by atoms with E-state index >= 15 is 0 Å². The van der Waals surface area contributed by atoms with Gasteiger partial charge in [0.25, 0.3) is 5.91 Å². The molecular formula is C27H19F4N5O2.